The van der Waals surface area contributed by atoms with E-state index in [0.29, 0.717) is 11.3 Å². The normalized spacial score (nSPS) is 13.5. The molecule has 1 heterocycles. The van der Waals surface area contributed by atoms with E-state index in [1.807, 2.05) is 19.1 Å². The molecule has 1 amide bonds. The summed E-state index contributed by atoms with van der Waals surface area (Å²) in [5.74, 6) is -0.0570. The lowest BCUT2D eigenvalue weighted by atomic mass is 9.88. The molecule has 19 heavy (non-hydrogen) atoms. The van der Waals surface area contributed by atoms with Crippen molar-refractivity contribution in [3.05, 3.63) is 30.0 Å². The molecular formula is C15H21N3O. The molecule has 102 valence electrons. The second-order valence-electron chi connectivity index (χ2n) is 6.07. The molecule has 4 nitrogen and oxygen atoms in total. The van der Waals surface area contributed by atoms with Crippen molar-refractivity contribution in [2.24, 2.45) is 5.41 Å². The van der Waals surface area contributed by atoms with Crippen molar-refractivity contribution < 1.29 is 4.79 Å². The van der Waals surface area contributed by atoms with Gasteiger partial charge in [-0.25, -0.2) is 0 Å². The van der Waals surface area contributed by atoms with Crippen molar-refractivity contribution in [2.75, 3.05) is 5.73 Å². The number of amides is 1. The number of benzene rings is 1. The third-order valence-corrected chi connectivity index (χ3v) is 3.60. The first-order valence-electron chi connectivity index (χ1n) is 6.46. The molecule has 2 aromatic rings. The average Bonchev–Trinajstić information content (AvgIpc) is 2.70. The smallest absolute Gasteiger partial charge is 0.253 e. The molecule has 1 aromatic heterocycles. The van der Waals surface area contributed by atoms with Crippen molar-refractivity contribution in [3.63, 3.8) is 0 Å². The van der Waals surface area contributed by atoms with Crippen LogP contribution in [-0.2, 0) is 0 Å². The van der Waals surface area contributed by atoms with Gasteiger partial charge in [-0.2, -0.15) is 0 Å². The van der Waals surface area contributed by atoms with Gasteiger partial charge in [0.25, 0.3) is 5.91 Å². The SMILES string of the molecule is CC(NC(=O)c1c[nH]c2cc(N)ccc12)C(C)(C)C. The quantitative estimate of drug-likeness (QED) is 0.726. The van der Waals surface area contributed by atoms with Crippen LogP contribution in [0.3, 0.4) is 0 Å². The Morgan fingerprint density at radius 3 is 2.68 bits per heavy atom. The summed E-state index contributed by atoms with van der Waals surface area (Å²) in [7, 11) is 0. The molecule has 0 radical (unpaired) electrons. The number of nitrogen functional groups attached to an aromatic ring is 1. The molecule has 0 saturated carbocycles. The number of anilines is 1. The third-order valence-electron chi connectivity index (χ3n) is 3.60. The largest absolute Gasteiger partial charge is 0.399 e. The fraction of sp³-hybridized carbons (Fsp3) is 0.400. The predicted molar refractivity (Wildman–Crippen MR) is 79.1 cm³/mol. The molecular weight excluding hydrogens is 238 g/mol. The van der Waals surface area contributed by atoms with Crippen LogP contribution < -0.4 is 11.1 Å². The minimum Gasteiger partial charge on any atom is -0.399 e. The lowest BCUT2D eigenvalue weighted by Gasteiger charge is -2.27. The molecule has 0 aliphatic carbocycles. The second kappa shape index (κ2) is 4.61. The van der Waals surface area contributed by atoms with Crippen molar-refractivity contribution in [2.45, 2.75) is 33.7 Å². The summed E-state index contributed by atoms with van der Waals surface area (Å²) in [6, 6.07) is 5.61. The van der Waals surface area contributed by atoms with E-state index in [9.17, 15) is 4.79 Å². The van der Waals surface area contributed by atoms with E-state index in [0.717, 1.165) is 10.9 Å². The summed E-state index contributed by atoms with van der Waals surface area (Å²) in [4.78, 5) is 15.4. The van der Waals surface area contributed by atoms with Gasteiger partial charge in [0, 0.05) is 28.8 Å². The van der Waals surface area contributed by atoms with Gasteiger partial charge in [0.1, 0.15) is 0 Å². The zero-order chi connectivity index (χ0) is 14.2. The highest BCUT2D eigenvalue weighted by molar-refractivity contribution is 6.07. The van der Waals surface area contributed by atoms with Crippen molar-refractivity contribution >= 4 is 22.5 Å². The van der Waals surface area contributed by atoms with E-state index >= 15 is 0 Å². The van der Waals surface area contributed by atoms with Crippen LogP contribution in [0.25, 0.3) is 10.9 Å². The first-order valence-corrected chi connectivity index (χ1v) is 6.46. The number of aromatic amines is 1. The maximum absolute atomic E-state index is 12.3. The molecule has 1 atom stereocenters. The molecule has 4 heteroatoms. The van der Waals surface area contributed by atoms with Gasteiger partial charge in [0.05, 0.1) is 5.56 Å². The van der Waals surface area contributed by atoms with E-state index in [-0.39, 0.29) is 17.4 Å². The zero-order valence-electron chi connectivity index (χ0n) is 11.9. The maximum atomic E-state index is 12.3. The highest BCUT2D eigenvalue weighted by Gasteiger charge is 2.23. The van der Waals surface area contributed by atoms with Crippen LogP contribution in [0.2, 0.25) is 0 Å². The number of nitrogens with one attached hydrogen (secondary N) is 2. The highest BCUT2D eigenvalue weighted by atomic mass is 16.1. The second-order valence-corrected chi connectivity index (χ2v) is 6.07. The van der Waals surface area contributed by atoms with Crippen LogP contribution in [0.5, 0.6) is 0 Å². The molecule has 0 aliphatic heterocycles. The van der Waals surface area contributed by atoms with Crippen LogP contribution in [0.1, 0.15) is 38.1 Å². The number of hydrogen-bond donors (Lipinski definition) is 3. The molecule has 0 bridgehead atoms. The molecule has 0 aliphatic rings. The van der Waals surface area contributed by atoms with Crippen LogP contribution in [0.4, 0.5) is 5.69 Å². The maximum Gasteiger partial charge on any atom is 0.253 e. The van der Waals surface area contributed by atoms with Gasteiger partial charge < -0.3 is 16.0 Å². The predicted octanol–water partition coefficient (Wildman–Crippen LogP) is 2.91. The number of nitrogens with two attached hydrogens (primary N) is 1. The van der Waals surface area contributed by atoms with Gasteiger partial charge in [-0.1, -0.05) is 20.8 Å². The van der Waals surface area contributed by atoms with Gasteiger partial charge in [0.2, 0.25) is 0 Å². The summed E-state index contributed by atoms with van der Waals surface area (Å²) in [5, 5.41) is 3.93. The zero-order valence-corrected chi connectivity index (χ0v) is 11.9. The minimum atomic E-state index is -0.0570. The molecule has 0 fully saturated rings. The number of fused-ring (bicyclic) bond motifs is 1. The van der Waals surface area contributed by atoms with Crippen molar-refractivity contribution in [1.29, 1.82) is 0 Å². The van der Waals surface area contributed by atoms with Crippen molar-refractivity contribution in [3.8, 4) is 0 Å². The monoisotopic (exact) mass is 259 g/mol. The van der Waals surface area contributed by atoms with Gasteiger partial charge in [-0.15, -0.1) is 0 Å². The standard InChI is InChI=1S/C15H21N3O/c1-9(15(2,3)4)18-14(19)12-8-17-13-7-10(16)5-6-11(12)13/h5-9,17H,16H2,1-4H3,(H,18,19). The summed E-state index contributed by atoms with van der Waals surface area (Å²) in [6.45, 7) is 8.33. The third kappa shape index (κ3) is 2.72. The number of rotatable bonds is 2. The van der Waals surface area contributed by atoms with Crippen LogP contribution in [-0.4, -0.2) is 16.9 Å². The molecule has 2 rings (SSSR count). The summed E-state index contributed by atoms with van der Waals surface area (Å²) >= 11 is 0. The van der Waals surface area contributed by atoms with Crippen LogP contribution >= 0.6 is 0 Å². The Balaban J connectivity index is 2.27. The Morgan fingerprint density at radius 2 is 2.05 bits per heavy atom. The minimum absolute atomic E-state index is 0.0339. The van der Waals surface area contributed by atoms with E-state index in [1.54, 1.807) is 12.3 Å². The lowest BCUT2D eigenvalue weighted by molar-refractivity contribution is 0.0912. The summed E-state index contributed by atoms with van der Waals surface area (Å²) < 4.78 is 0. The molecule has 1 unspecified atom stereocenters. The topological polar surface area (TPSA) is 70.9 Å². The Morgan fingerprint density at radius 1 is 1.37 bits per heavy atom. The van der Waals surface area contributed by atoms with E-state index in [2.05, 4.69) is 31.1 Å². The highest BCUT2D eigenvalue weighted by Crippen LogP contribution is 2.22. The Bertz CT molecular complexity index is 607. The van der Waals surface area contributed by atoms with E-state index in [4.69, 9.17) is 5.73 Å². The lowest BCUT2D eigenvalue weighted by Crippen LogP contribution is -2.41. The van der Waals surface area contributed by atoms with Gasteiger partial charge >= 0.3 is 0 Å². The fourth-order valence-corrected chi connectivity index (χ4v) is 1.82. The van der Waals surface area contributed by atoms with Gasteiger partial charge in [0.15, 0.2) is 0 Å². The Kier molecular flexibility index (Phi) is 3.27. The van der Waals surface area contributed by atoms with Gasteiger partial charge in [-0.3, -0.25) is 4.79 Å². The molecule has 4 N–H and O–H groups in total. The number of H-pyrrole nitrogens is 1. The summed E-state index contributed by atoms with van der Waals surface area (Å²) in [5.41, 5.74) is 7.99. The fourth-order valence-electron chi connectivity index (χ4n) is 1.82. The van der Waals surface area contributed by atoms with Crippen LogP contribution in [0, 0.1) is 5.41 Å². The molecule has 0 spiro atoms. The number of carbonyl (C=O) groups excluding carboxylic acids is 1. The van der Waals surface area contributed by atoms with E-state index < -0.39 is 0 Å². The Labute approximate surface area is 113 Å². The number of carbonyl (C=O) groups is 1. The average molecular weight is 259 g/mol. The van der Waals surface area contributed by atoms with Gasteiger partial charge in [-0.05, 0) is 30.5 Å². The summed E-state index contributed by atoms with van der Waals surface area (Å²) in [6.07, 6.45) is 1.73. The van der Waals surface area contributed by atoms with Crippen LogP contribution in [0.15, 0.2) is 24.4 Å². The van der Waals surface area contributed by atoms with E-state index in [1.165, 1.54) is 0 Å². The first kappa shape index (κ1) is 13.5. The molecule has 1 aromatic carbocycles. The number of hydrogen-bond acceptors (Lipinski definition) is 2. The first-order chi connectivity index (χ1) is 8.79. The van der Waals surface area contributed by atoms with Crippen molar-refractivity contribution in [1.82, 2.24) is 10.3 Å². The number of aromatic nitrogens is 1. The Hall–Kier alpha value is -1.97. The molecule has 0 saturated heterocycles.